The summed E-state index contributed by atoms with van der Waals surface area (Å²) in [6.07, 6.45) is 23.6. The number of hydrogen-bond donors (Lipinski definition) is 1. The van der Waals surface area contributed by atoms with E-state index in [0.717, 1.165) is 19.3 Å². The molecular formula is C27H49NO5. The molecule has 192 valence electrons. The van der Waals surface area contributed by atoms with Crippen molar-refractivity contribution in [2.75, 3.05) is 13.2 Å². The van der Waals surface area contributed by atoms with Crippen LogP contribution in [0.4, 0.5) is 0 Å². The zero-order valence-electron chi connectivity index (χ0n) is 21.2. The van der Waals surface area contributed by atoms with Crippen molar-refractivity contribution in [1.29, 1.82) is 0 Å². The molecule has 0 bridgehead atoms. The molecule has 1 atom stereocenters. The zero-order chi connectivity index (χ0) is 24.0. The maximum Gasteiger partial charge on any atom is 0.354 e. The lowest BCUT2D eigenvalue weighted by molar-refractivity contribution is -0.160. The monoisotopic (exact) mass is 467 g/mol. The van der Waals surface area contributed by atoms with Crippen molar-refractivity contribution in [3.63, 3.8) is 0 Å². The average Bonchev–Trinajstić information content (AvgIpc) is 3.33. The summed E-state index contributed by atoms with van der Waals surface area (Å²) < 4.78 is 10.2. The van der Waals surface area contributed by atoms with Gasteiger partial charge in [0.25, 0.3) is 6.10 Å². The number of carboxylic acid groups (broad SMARTS) is 1. The maximum absolute atomic E-state index is 11.9. The molecule has 1 aliphatic rings. The maximum atomic E-state index is 11.9. The van der Waals surface area contributed by atoms with Gasteiger partial charge in [-0.15, -0.1) is 0 Å². The molecule has 0 saturated carbocycles. The first-order valence-corrected chi connectivity index (χ1v) is 13.7. The van der Waals surface area contributed by atoms with Crippen LogP contribution in [0.3, 0.4) is 0 Å². The van der Waals surface area contributed by atoms with Crippen LogP contribution in [-0.4, -0.2) is 42.2 Å². The SMILES string of the molecule is CCCCCCCCCCCCCCCCCCCCCC(=O)OC(C(=O)O)C1=NCCO1. The third-order valence-corrected chi connectivity index (χ3v) is 6.29. The number of carbonyl (C=O) groups excluding carboxylic acids is 1. The smallest absolute Gasteiger partial charge is 0.354 e. The first-order valence-electron chi connectivity index (χ1n) is 13.7. The van der Waals surface area contributed by atoms with E-state index in [1.54, 1.807) is 0 Å². The molecule has 33 heavy (non-hydrogen) atoms. The number of esters is 1. The summed E-state index contributed by atoms with van der Waals surface area (Å²) in [5.74, 6) is -1.73. The molecule has 0 amide bonds. The molecule has 1 rings (SSSR count). The fourth-order valence-corrected chi connectivity index (χ4v) is 4.25. The number of rotatable bonds is 23. The van der Waals surface area contributed by atoms with Crippen LogP contribution in [0, 0.1) is 0 Å². The van der Waals surface area contributed by atoms with Crippen molar-refractivity contribution >= 4 is 17.8 Å². The minimum absolute atomic E-state index is 0.00372. The van der Waals surface area contributed by atoms with E-state index in [-0.39, 0.29) is 12.3 Å². The minimum atomic E-state index is -1.40. The van der Waals surface area contributed by atoms with Crippen LogP contribution >= 0.6 is 0 Å². The summed E-state index contributed by atoms with van der Waals surface area (Å²) >= 11 is 0. The van der Waals surface area contributed by atoms with Gasteiger partial charge < -0.3 is 14.6 Å². The van der Waals surface area contributed by atoms with Crippen molar-refractivity contribution in [2.45, 2.75) is 141 Å². The van der Waals surface area contributed by atoms with Crippen molar-refractivity contribution < 1.29 is 24.2 Å². The Morgan fingerprint density at radius 2 is 1.21 bits per heavy atom. The van der Waals surface area contributed by atoms with Crippen LogP contribution in [0.5, 0.6) is 0 Å². The standard InChI is InChI=1S/C27H49NO5/c1-2-3-4-5-6-7-8-9-10-11-12-13-14-15-16-17-18-19-20-21-24(29)33-25(27(30)31)26-28-22-23-32-26/h25H,2-23H2,1H3,(H,30,31). The Bertz CT molecular complexity index is 535. The second-order valence-electron chi connectivity index (χ2n) is 9.39. The second-order valence-corrected chi connectivity index (χ2v) is 9.39. The van der Waals surface area contributed by atoms with Gasteiger partial charge in [0.15, 0.2) is 0 Å². The van der Waals surface area contributed by atoms with Crippen LogP contribution < -0.4 is 0 Å². The highest BCUT2D eigenvalue weighted by Gasteiger charge is 2.31. The molecule has 6 nitrogen and oxygen atoms in total. The van der Waals surface area contributed by atoms with Gasteiger partial charge in [0, 0.05) is 6.42 Å². The van der Waals surface area contributed by atoms with E-state index < -0.39 is 18.0 Å². The Labute approximate surface area is 201 Å². The van der Waals surface area contributed by atoms with Crippen LogP contribution in [0.1, 0.15) is 135 Å². The molecule has 0 aromatic heterocycles. The lowest BCUT2D eigenvalue weighted by Gasteiger charge is -2.13. The van der Waals surface area contributed by atoms with Crippen LogP contribution in [0.25, 0.3) is 0 Å². The van der Waals surface area contributed by atoms with Crippen molar-refractivity contribution in [2.24, 2.45) is 4.99 Å². The molecule has 1 N–H and O–H groups in total. The van der Waals surface area contributed by atoms with E-state index in [1.165, 1.54) is 103 Å². The molecular weight excluding hydrogens is 418 g/mol. The first kappa shape index (κ1) is 29.4. The molecule has 0 spiro atoms. The van der Waals surface area contributed by atoms with Gasteiger partial charge in [-0.2, -0.15) is 0 Å². The first-order chi connectivity index (χ1) is 16.1. The lowest BCUT2D eigenvalue weighted by Crippen LogP contribution is -2.35. The highest BCUT2D eigenvalue weighted by atomic mass is 16.6. The predicted octanol–water partition coefficient (Wildman–Crippen LogP) is 7.23. The highest BCUT2D eigenvalue weighted by molar-refractivity contribution is 6.02. The predicted molar refractivity (Wildman–Crippen MR) is 134 cm³/mol. The van der Waals surface area contributed by atoms with E-state index in [1.807, 2.05) is 0 Å². The normalized spacial score (nSPS) is 14.0. The second kappa shape index (κ2) is 21.0. The molecule has 0 radical (unpaired) electrons. The topological polar surface area (TPSA) is 85.2 Å². The van der Waals surface area contributed by atoms with Crippen molar-refractivity contribution in [3.8, 4) is 0 Å². The van der Waals surface area contributed by atoms with Crippen LogP contribution in [0.2, 0.25) is 0 Å². The largest absolute Gasteiger partial charge is 0.478 e. The van der Waals surface area contributed by atoms with Gasteiger partial charge in [0.05, 0.1) is 6.54 Å². The fourth-order valence-electron chi connectivity index (χ4n) is 4.25. The van der Waals surface area contributed by atoms with E-state index in [2.05, 4.69) is 11.9 Å². The van der Waals surface area contributed by atoms with E-state index in [4.69, 9.17) is 9.47 Å². The third kappa shape index (κ3) is 16.6. The molecule has 0 saturated heterocycles. The number of unbranched alkanes of at least 4 members (excludes halogenated alkanes) is 18. The molecule has 6 heteroatoms. The molecule has 0 aromatic carbocycles. The Balaban J connectivity index is 1.81. The molecule has 1 unspecified atom stereocenters. The summed E-state index contributed by atoms with van der Waals surface area (Å²) in [7, 11) is 0. The summed E-state index contributed by atoms with van der Waals surface area (Å²) in [4.78, 5) is 27.1. The van der Waals surface area contributed by atoms with Gasteiger partial charge in [-0.3, -0.25) is 4.79 Å². The van der Waals surface area contributed by atoms with Gasteiger partial charge in [-0.05, 0) is 6.42 Å². The van der Waals surface area contributed by atoms with Gasteiger partial charge >= 0.3 is 11.9 Å². The summed E-state index contributed by atoms with van der Waals surface area (Å²) in [5.41, 5.74) is 0. The summed E-state index contributed by atoms with van der Waals surface area (Å²) in [5, 5.41) is 9.18. The molecule has 1 aliphatic heterocycles. The zero-order valence-corrected chi connectivity index (χ0v) is 21.2. The number of carboxylic acids is 1. The number of aliphatic carboxylic acids is 1. The lowest BCUT2D eigenvalue weighted by atomic mass is 10.0. The summed E-state index contributed by atoms with van der Waals surface area (Å²) in [6.45, 7) is 3.03. The Morgan fingerprint density at radius 3 is 1.58 bits per heavy atom. The van der Waals surface area contributed by atoms with Gasteiger partial charge in [0.1, 0.15) is 6.61 Å². The Hall–Kier alpha value is -1.59. The van der Waals surface area contributed by atoms with Crippen LogP contribution in [0.15, 0.2) is 4.99 Å². The number of ether oxygens (including phenoxy) is 2. The highest BCUT2D eigenvalue weighted by Crippen LogP contribution is 2.15. The molecule has 0 fully saturated rings. The van der Waals surface area contributed by atoms with Crippen molar-refractivity contribution in [1.82, 2.24) is 0 Å². The number of hydrogen-bond acceptors (Lipinski definition) is 5. The van der Waals surface area contributed by atoms with Crippen molar-refractivity contribution in [3.05, 3.63) is 0 Å². The molecule has 0 aromatic rings. The van der Waals surface area contributed by atoms with Gasteiger partial charge in [-0.1, -0.05) is 122 Å². The van der Waals surface area contributed by atoms with E-state index in [0.29, 0.717) is 13.2 Å². The number of aliphatic imine (C=N–C) groups is 1. The Kier molecular flexibility index (Phi) is 18.7. The van der Waals surface area contributed by atoms with E-state index in [9.17, 15) is 14.7 Å². The fraction of sp³-hybridized carbons (Fsp3) is 0.889. The molecule has 0 aliphatic carbocycles. The molecule has 1 heterocycles. The number of carbonyl (C=O) groups is 2. The van der Waals surface area contributed by atoms with Crippen LogP contribution in [-0.2, 0) is 19.1 Å². The average molecular weight is 468 g/mol. The minimum Gasteiger partial charge on any atom is -0.478 e. The quantitative estimate of drug-likeness (QED) is 0.126. The number of nitrogens with zero attached hydrogens (tertiary/aromatic N) is 1. The van der Waals surface area contributed by atoms with Gasteiger partial charge in [0.2, 0.25) is 5.90 Å². The Morgan fingerprint density at radius 1 is 0.788 bits per heavy atom. The van der Waals surface area contributed by atoms with E-state index >= 15 is 0 Å². The summed E-state index contributed by atoms with van der Waals surface area (Å²) in [6, 6.07) is 0. The third-order valence-electron chi connectivity index (χ3n) is 6.29. The van der Waals surface area contributed by atoms with Gasteiger partial charge in [-0.25, -0.2) is 9.79 Å².